The minimum absolute atomic E-state index is 0.00428. The fraction of sp³-hybridized carbons (Fsp3) is 0.292. The molecule has 0 radical (unpaired) electrons. The van der Waals surface area contributed by atoms with E-state index in [-0.39, 0.29) is 5.69 Å². The molecule has 0 N–H and O–H groups in total. The fourth-order valence-corrected chi connectivity index (χ4v) is 3.97. The highest BCUT2D eigenvalue weighted by Gasteiger charge is 2.17. The average molecular weight is 434 g/mol. The van der Waals surface area contributed by atoms with Crippen LogP contribution in [0.1, 0.15) is 17.0 Å². The molecule has 0 bridgehead atoms. The molecule has 0 unspecified atom stereocenters. The summed E-state index contributed by atoms with van der Waals surface area (Å²) >= 11 is 0. The van der Waals surface area contributed by atoms with Crippen molar-refractivity contribution in [3.63, 3.8) is 0 Å². The van der Waals surface area contributed by atoms with Gasteiger partial charge in [-0.3, -0.25) is 15.1 Å². The van der Waals surface area contributed by atoms with Gasteiger partial charge in [0.2, 0.25) is 0 Å². The number of aliphatic imine (C=N–C) groups is 1. The lowest BCUT2D eigenvalue weighted by molar-refractivity contribution is -0.384. The first-order valence-electron chi connectivity index (χ1n) is 10.5. The number of morpholine rings is 1. The number of aromatic nitrogens is 1. The van der Waals surface area contributed by atoms with Crippen molar-refractivity contribution >= 4 is 23.3 Å². The topological polar surface area (TPSA) is 82.1 Å². The van der Waals surface area contributed by atoms with Gasteiger partial charge >= 0.3 is 0 Å². The molecular formula is C24H26N4O4. The van der Waals surface area contributed by atoms with Crippen molar-refractivity contribution in [1.29, 1.82) is 0 Å². The third-order valence-electron chi connectivity index (χ3n) is 5.66. The van der Waals surface area contributed by atoms with E-state index in [1.807, 2.05) is 42.8 Å². The summed E-state index contributed by atoms with van der Waals surface area (Å²) in [6.07, 6.45) is 1.85. The van der Waals surface area contributed by atoms with Crippen LogP contribution in [-0.2, 0) is 4.74 Å². The van der Waals surface area contributed by atoms with Crippen LogP contribution < -0.4 is 9.64 Å². The van der Waals surface area contributed by atoms with Crippen molar-refractivity contribution in [2.75, 3.05) is 38.3 Å². The third kappa shape index (κ3) is 4.36. The number of benzene rings is 2. The highest BCUT2D eigenvalue weighted by Crippen LogP contribution is 2.31. The highest BCUT2D eigenvalue weighted by atomic mass is 16.6. The smallest absolute Gasteiger partial charge is 0.273 e. The van der Waals surface area contributed by atoms with Crippen LogP contribution in [-0.4, -0.2) is 49.1 Å². The molecule has 0 spiro atoms. The van der Waals surface area contributed by atoms with Crippen LogP contribution >= 0.6 is 0 Å². The molecule has 166 valence electrons. The van der Waals surface area contributed by atoms with E-state index in [2.05, 4.69) is 22.0 Å². The van der Waals surface area contributed by atoms with Gasteiger partial charge in [-0.1, -0.05) is 0 Å². The molecule has 0 atom stereocenters. The molecule has 0 aliphatic carbocycles. The monoisotopic (exact) mass is 434 g/mol. The standard InChI is InChI=1S/C24H26N4O4/c1-17-14-19(16-25-20-4-6-21(7-5-20)26-10-12-32-13-11-26)18(2)27(17)23-9-8-22(28(29)30)15-24(23)31-3/h4-9,14-16H,10-13H2,1-3H3. The van der Waals surface area contributed by atoms with Gasteiger partial charge < -0.3 is 18.9 Å². The average Bonchev–Trinajstić information content (AvgIpc) is 3.10. The molecule has 0 saturated carbocycles. The number of nitro benzene ring substituents is 1. The fourth-order valence-electron chi connectivity index (χ4n) is 3.97. The summed E-state index contributed by atoms with van der Waals surface area (Å²) in [5.74, 6) is 0.447. The Labute approximate surface area is 186 Å². The molecule has 1 aromatic heterocycles. The van der Waals surface area contributed by atoms with E-state index >= 15 is 0 Å². The second-order valence-electron chi connectivity index (χ2n) is 7.65. The summed E-state index contributed by atoms with van der Waals surface area (Å²) in [5, 5.41) is 11.1. The van der Waals surface area contributed by atoms with E-state index in [1.165, 1.54) is 24.9 Å². The van der Waals surface area contributed by atoms with Crippen LogP contribution in [0.15, 0.2) is 53.5 Å². The summed E-state index contributed by atoms with van der Waals surface area (Å²) < 4.78 is 12.9. The van der Waals surface area contributed by atoms with Crippen LogP contribution in [0.4, 0.5) is 17.1 Å². The quantitative estimate of drug-likeness (QED) is 0.322. The Bertz CT molecular complexity index is 1150. The molecular weight excluding hydrogens is 408 g/mol. The SMILES string of the molecule is COc1cc([N+](=O)[O-])ccc1-n1c(C)cc(C=Nc2ccc(N3CCOCC3)cc2)c1C. The van der Waals surface area contributed by atoms with Gasteiger partial charge in [0.05, 0.1) is 42.7 Å². The largest absolute Gasteiger partial charge is 0.494 e. The number of anilines is 1. The second-order valence-corrected chi connectivity index (χ2v) is 7.65. The molecule has 2 heterocycles. The zero-order valence-corrected chi connectivity index (χ0v) is 18.4. The van der Waals surface area contributed by atoms with E-state index in [1.54, 1.807) is 6.07 Å². The second kappa shape index (κ2) is 9.23. The Morgan fingerprint density at radius 3 is 2.47 bits per heavy atom. The highest BCUT2D eigenvalue weighted by molar-refractivity contribution is 5.84. The van der Waals surface area contributed by atoms with Crippen LogP contribution in [0.3, 0.4) is 0 Å². The molecule has 1 aliphatic heterocycles. The van der Waals surface area contributed by atoms with Crippen molar-refractivity contribution in [3.8, 4) is 11.4 Å². The van der Waals surface area contributed by atoms with Crippen LogP contribution in [0, 0.1) is 24.0 Å². The summed E-state index contributed by atoms with van der Waals surface area (Å²) in [6.45, 7) is 7.31. The number of aryl methyl sites for hydroxylation is 1. The van der Waals surface area contributed by atoms with E-state index in [4.69, 9.17) is 9.47 Å². The van der Waals surface area contributed by atoms with Crippen molar-refractivity contribution in [1.82, 2.24) is 4.57 Å². The Balaban J connectivity index is 1.58. The zero-order chi connectivity index (χ0) is 22.7. The third-order valence-corrected chi connectivity index (χ3v) is 5.66. The molecule has 2 aromatic carbocycles. The lowest BCUT2D eigenvalue weighted by Crippen LogP contribution is -2.36. The van der Waals surface area contributed by atoms with E-state index in [0.717, 1.165) is 54.6 Å². The van der Waals surface area contributed by atoms with Crippen LogP contribution in [0.25, 0.3) is 5.69 Å². The van der Waals surface area contributed by atoms with E-state index < -0.39 is 4.92 Å². The van der Waals surface area contributed by atoms with Gasteiger partial charge in [0.1, 0.15) is 5.75 Å². The zero-order valence-electron chi connectivity index (χ0n) is 18.4. The van der Waals surface area contributed by atoms with E-state index in [9.17, 15) is 10.1 Å². The van der Waals surface area contributed by atoms with Crippen LogP contribution in [0.2, 0.25) is 0 Å². The first-order valence-corrected chi connectivity index (χ1v) is 10.5. The molecule has 8 nitrogen and oxygen atoms in total. The van der Waals surface area contributed by atoms with Crippen molar-refractivity contribution in [3.05, 3.63) is 75.6 Å². The van der Waals surface area contributed by atoms with Crippen molar-refractivity contribution < 1.29 is 14.4 Å². The number of ether oxygens (including phenoxy) is 2. The summed E-state index contributed by atoms with van der Waals surface area (Å²) in [5.41, 5.74) is 5.73. The summed E-state index contributed by atoms with van der Waals surface area (Å²) in [4.78, 5) is 17.6. The number of nitro groups is 1. The minimum atomic E-state index is -0.426. The lowest BCUT2D eigenvalue weighted by Gasteiger charge is -2.28. The minimum Gasteiger partial charge on any atom is -0.494 e. The molecule has 3 aromatic rings. The van der Waals surface area contributed by atoms with Gasteiger partial charge in [0.25, 0.3) is 5.69 Å². The molecule has 8 heteroatoms. The number of rotatable bonds is 6. The number of nitrogens with zero attached hydrogens (tertiary/aromatic N) is 4. The van der Waals surface area contributed by atoms with Gasteiger partial charge in [-0.05, 0) is 50.2 Å². The van der Waals surface area contributed by atoms with Crippen LogP contribution in [0.5, 0.6) is 5.75 Å². The first-order chi connectivity index (χ1) is 15.5. The molecule has 1 saturated heterocycles. The molecule has 32 heavy (non-hydrogen) atoms. The summed E-state index contributed by atoms with van der Waals surface area (Å²) in [6, 6.07) is 14.9. The van der Waals surface area contributed by atoms with Gasteiger partial charge in [0.15, 0.2) is 0 Å². The van der Waals surface area contributed by atoms with Gasteiger partial charge in [0, 0.05) is 48.0 Å². The lowest BCUT2D eigenvalue weighted by atomic mass is 10.2. The van der Waals surface area contributed by atoms with Crippen molar-refractivity contribution in [2.24, 2.45) is 4.99 Å². The molecule has 4 rings (SSSR count). The molecule has 1 fully saturated rings. The predicted octanol–water partition coefficient (Wildman–Crippen LogP) is 4.60. The van der Waals surface area contributed by atoms with Crippen molar-refractivity contribution in [2.45, 2.75) is 13.8 Å². The molecule has 1 aliphatic rings. The van der Waals surface area contributed by atoms with Gasteiger partial charge in [-0.25, -0.2) is 0 Å². The predicted molar refractivity (Wildman–Crippen MR) is 125 cm³/mol. The van der Waals surface area contributed by atoms with E-state index in [0.29, 0.717) is 5.75 Å². The first kappa shape index (κ1) is 21.6. The van der Waals surface area contributed by atoms with Gasteiger partial charge in [-0.2, -0.15) is 0 Å². The molecule has 0 amide bonds. The van der Waals surface area contributed by atoms with Gasteiger partial charge in [-0.15, -0.1) is 0 Å². The Kier molecular flexibility index (Phi) is 6.23. The normalized spacial score (nSPS) is 14.2. The maximum Gasteiger partial charge on any atom is 0.273 e. The number of methoxy groups -OCH3 is 1. The Morgan fingerprint density at radius 1 is 1.09 bits per heavy atom. The maximum absolute atomic E-state index is 11.1. The number of non-ortho nitro benzene ring substituents is 1. The Morgan fingerprint density at radius 2 is 1.81 bits per heavy atom. The number of hydrogen-bond donors (Lipinski definition) is 0. The maximum atomic E-state index is 11.1. The Hall–Kier alpha value is -3.65. The summed E-state index contributed by atoms with van der Waals surface area (Å²) in [7, 11) is 1.51. The number of hydrogen-bond acceptors (Lipinski definition) is 6.